The summed E-state index contributed by atoms with van der Waals surface area (Å²) in [5.41, 5.74) is 0. The van der Waals surface area contributed by atoms with Gasteiger partial charge in [0.25, 0.3) is 0 Å². The van der Waals surface area contributed by atoms with E-state index in [0.29, 0.717) is 24.9 Å². The van der Waals surface area contributed by atoms with Crippen molar-refractivity contribution >= 4 is 5.97 Å². The molecule has 0 amide bonds. The predicted octanol–water partition coefficient (Wildman–Crippen LogP) is 6.38. The molecule has 0 aromatic heterocycles. The fraction of sp³-hybridized carbons (Fsp3) is 0.950. The Kier molecular flexibility index (Phi) is 13.7. The second-order valence-corrected chi connectivity index (χ2v) is 7.34. The highest BCUT2D eigenvalue weighted by molar-refractivity contribution is 5.69. The Hall–Kier alpha value is -0.530. The maximum absolute atomic E-state index is 11.9. The van der Waals surface area contributed by atoms with Gasteiger partial charge in [0.2, 0.25) is 0 Å². The smallest absolute Gasteiger partial charge is 0.305 e. The summed E-state index contributed by atoms with van der Waals surface area (Å²) in [5.74, 6) is 1.99. The third-order valence-corrected chi connectivity index (χ3v) is 4.60. The molecule has 0 aliphatic carbocycles. The molecule has 132 valence electrons. The van der Waals surface area contributed by atoms with Crippen molar-refractivity contribution < 1.29 is 9.53 Å². The first-order chi connectivity index (χ1) is 10.5. The summed E-state index contributed by atoms with van der Waals surface area (Å²) in [4.78, 5) is 11.9. The van der Waals surface area contributed by atoms with Gasteiger partial charge in [-0.2, -0.15) is 0 Å². The normalized spacial score (nSPS) is 14.1. The number of rotatable bonds is 14. The minimum absolute atomic E-state index is 0.00772. The predicted molar refractivity (Wildman–Crippen MR) is 96.0 cm³/mol. The van der Waals surface area contributed by atoms with Crippen molar-refractivity contribution in [3.05, 3.63) is 0 Å². The fourth-order valence-electron chi connectivity index (χ4n) is 2.94. The molecular formula is C20H40O2. The number of unbranched alkanes of at least 4 members (excludes halogenated alkanes) is 3. The lowest BCUT2D eigenvalue weighted by Crippen LogP contribution is -2.20. The number of carbonyl (C=O) groups excluding carboxylic acids is 1. The van der Waals surface area contributed by atoms with Gasteiger partial charge in [-0.15, -0.1) is 0 Å². The summed E-state index contributed by atoms with van der Waals surface area (Å²) in [6.45, 7) is 11.9. The minimum atomic E-state index is 0.00772. The average molecular weight is 313 g/mol. The van der Waals surface area contributed by atoms with Crippen molar-refractivity contribution in [2.24, 2.45) is 17.8 Å². The van der Waals surface area contributed by atoms with Crippen LogP contribution in [0.5, 0.6) is 0 Å². The van der Waals surface area contributed by atoms with Gasteiger partial charge in [-0.3, -0.25) is 4.79 Å². The standard InChI is InChI=1S/C20H40O2/c1-6-8-14-18(5)19(12-7-2)16-22-20(21)15-11-9-10-13-17(3)4/h17-19H,6-16H2,1-5H3. The van der Waals surface area contributed by atoms with Gasteiger partial charge in [0.1, 0.15) is 0 Å². The molecule has 0 bridgehead atoms. The van der Waals surface area contributed by atoms with Crippen LogP contribution in [0.4, 0.5) is 0 Å². The van der Waals surface area contributed by atoms with Crippen LogP contribution in [0.2, 0.25) is 0 Å². The van der Waals surface area contributed by atoms with Crippen molar-refractivity contribution in [1.29, 1.82) is 0 Å². The first-order valence-corrected chi connectivity index (χ1v) is 9.66. The summed E-state index contributed by atoms with van der Waals surface area (Å²) < 4.78 is 5.55. The van der Waals surface area contributed by atoms with Gasteiger partial charge in [-0.25, -0.2) is 0 Å². The molecule has 2 atom stereocenters. The topological polar surface area (TPSA) is 26.3 Å². The molecule has 0 aliphatic rings. The van der Waals surface area contributed by atoms with Gasteiger partial charge in [-0.1, -0.05) is 79.6 Å². The van der Waals surface area contributed by atoms with E-state index in [4.69, 9.17) is 4.74 Å². The van der Waals surface area contributed by atoms with Gasteiger partial charge in [-0.05, 0) is 30.6 Å². The quantitative estimate of drug-likeness (QED) is 0.275. The molecule has 0 aliphatic heterocycles. The highest BCUT2D eigenvalue weighted by Crippen LogP contribution is 2.23. The van der Waals surface area contributed by atoms with Gasteiger partial charge >= 0.3 is 5.97 Å². The van der Waals surface area contributed by atoms with E-state index in [-0.39, 0.29) is 5.97 Å². The van der Waals surface area contributed by atoms with E-state index in [1.165, 1.54) is 44.9 Å². The van der Waals surface area contributed by atoms with E-state index in [1.54, 1.807) is 0 Å². The zero-order chi connectivity index (χ0) is 16.8. The first-order valence-electron chi connectivity index (χ1n) is 9.66. The summed E-state index contributed by atoms with van der Waals surface area (Å²) in [6.07, 6.45) is 11.4. The highest BCUT2D eigenvalue weighted by atomic mass is 16.5. The third kappa shape index (κ3) is 12.1. The lowest BCUT2D eigenvalue weighted by atomic mass is 9.87. The molecule has 0 N–H and O–H groups in total. The fourth-order valence-corrected chi connectivity index (χ4v) is 2.94. The lowest BCUT2D eigenvalue weighted by molar-refractivity contribution is -0.145. The van der Waals surface area contributed by atoms with Crippen LogP contribution in [-0.2, 0) is 9.53 Å². The Morgan fingerprint density at radius 2 is 1.59 bits per heavy atom. The number of hydrogen-bond donors (Lipinski definition) is 0. The number of ether oxygens (including phenoxy) is 1. The molecule has 0 spiro atoms. The second kappa shape index (κ2) is 14.1. The molecule has 22 heavy (non-hydrogen) atoms. The van der Waals surface area contributed by atoms with Crippen molar-refractivity contribution in [3.63, 3.8) is 0 Å². The summed E-state index contributed by atoms with van der Waals surface area (Å²) in [7, 11) is 0. The van der Waals surface area contributed by atoms with E-state index < -0.39 is 0 Å². The summed E-state index contributed by atoms with van der Waals surface area (Å²) in [5, 5.41) is 0. The average Bonchev–Trinajstić information content (AvgIpc) is 2.48. The molecule has 0 fully saturated rings. The molecule has 2 nitrogen and oxygen atoms in total. The third-order valence-electron chi connectivity index (χ3n) is 4.60. The summed E-state index contributed by atoms with van der Waals surface area (Å²) >= 11 is 0. The molecule has 0 saturated heterocycles. The highest BCUT2D eigenvalue weighted by Gasteiger charge is 2.18. The first kappa shape index (κ1) is 21.5. The van der Waals surface area contributed by atoms with Crippen molar-refractivity contribution in [1.82, 2.24) is 0 Å². The number of carbonyl (C=O) groups is 1. The lowest BCUT2D eigenvalue weighted by Gasteiger charge is -2.23. The maximum atomic E-state index is 11.9. The van der Waals surface area contributed by atoms with Crippen LogP contribution in [0, 0.1) is 17.8 Å². The van der Waals surface area contributed by atoms with Gasteiger partial charge in [0.15, 0.2) is 0 Å². The molecule has 0 rings (SSSR count). The van der Waals surface area contributed by atoms with Crippen LogP contribution in [0.15, 0.2) is 0 Å². The Labute approximate surface area is 139 Å². The molecule has 0 aromatic rings. The maximum Gasteiger partial charge on any atom is 0.305 e. The summed E-state index contributed by atoms with van der Waals surface area (Å²) in [6, 6.07) is 0. The molecule has 2 unspecified atom stereocenters. The SMILES string of the molecule is CCCCC(C)C(CCC)COC(=O)CCCCCC(C)C. The molecule has 0 saturated carbocycles. The Morgan fingerprint density at radius 3 is 2.18 bits per heavy atom. The van der Waals surface area contributed by atoms with Crippen molar-refractivity contribution in [2.75, 3.05) is 6.61 Å². The molecule has 2 heteroatoms. The van der Waals surface area contributed by atoms with Crippen molar-refractivity contribution in [3.8, 4) is 0 Å². The molecule has 0 heterocycles. The minimum Gasteiger partial charge on any atom is -0.465 e. The monoisotopic (exact) mass is 312 g/mol. The van der Waals surface area contributed by atoms with Crippen LogP contribution in [-0.4, -0.2) is 12.6 Å². The Balaban J connectivity index is 3.86. The van der Waals surface area contributed by atoms with E-state index in [1.807, 2.05) is 0 Å². The van der Waals surface area contributed by atoms with E-state index >= 15 is 0 Å². The van der Waals surface area contributed by atoms with Crippen molar-refractivity contribution in [2.45, 2.75) is 98.8 Å². The van der Waals surface area contributed by atoms with Gasteiger partial charge in [0, 0.05) is 6.42 Å². The second-order valence-electron chi connectivity index (χ2n) is 7.34. The molecule has 0 aromatic carbocycles. The molecule has 0 radical (unpaired) electrons. The Morgan fingerprint density at radius 1 is 0.864 bits per heavy atom. The van der Waals surface area contributed by atoms with Crippen LogP contribution in [0.25, 0.3) is 0 Å². The van der Waals surface area contributed by atoms with Gasteiger partial charge in [0.05, 0.1) is 6.61 Å². The Bertz CT molecular complexity index is 260. The largest absolute Gasteiger partial charge is 0.465 e. The zero-order valence-corrected chi connectivity index (χ0v) is 15.8. The van der Waals surface area contributed by atoms with Crippen LogP contribution >= 0.6 is 0 Å². The van der Waals surface area contributed by atoms with Crippen LogP contribution in [0.1, 0.15) is 98.8 Å². The number of hydrogen-bond acceptors (Lipinski definition) is 2. The van der Waals surface area contributed by atoms with E-state index in [2.05, 4.69) is 34.6 Å². The number of esters is 1. The van der Waals surface area contributed by atoms with Crippen LogP contribution in [0.3, 0.4) is 0 Å². The van der Waals surface area contributed by atoms with E-state index in [9.17, 15) is 4.79 Å². The van der Waals surface area contributed by atoms with E-state index in [0.717, 1.165) is 18.8 Å². The zero-order valence-electron chi connectivity index (χ0n) is 15.8. The van der Waals surface area contributed by atoms with Gasteiger partial charge < -0.3 is 4.74 Å². The molecular weight excluding hydrogens is 272 g/mol. The van der Waals surface area contributed by atoms with Crippen LogP contribution < -0.4 is 0 Å².